The van der Waals surface area contributed by atoms with E-state index >= 15 is 0 Å². The number of benzene rings is 1. The molecule has 0 bridgehead atoms. The highest BCUT2D eigenvalue weighted by atomic mass is 127. The average Bonchev–Trinajstić information content (AvgIpc) is 3.14. The zero-order valence-electron chi connectivity index (χ0n) is 15.5. The lowest BCUT2D eigenvalue weighted by atomic mass is 10.1. The molecule has 0 fully saturated rings. The third-order valence-corrected chi connectivity index (χ3v) is 5.57. The van der Waals surface area contributed by atoms with Gasteiger partial charge in [0.1, 0.15) is 0 Å². The topological polar surface area (TPSA) is 96.6 Å². The van der Waals surface area contributed by atoms with E-state index in [9.17, 15) is 8.42 Å². The van der Waals surface area contributed by atoms with Crippen molar-refractivity contribution in [1.82, 2.24) is 10.6 Å². The molecule has 150 valence electrons. The van der Waals surface area contributed by atoms with Crippen LogP contribution in [0.5, 0.6) is 0 Å². The van der Waals surface area contributed by atoms with Gasteiger partial charge in [0, 0.05) is 25.6 Å². The van der Waals surface area contributed by atoms with Gasteiger partial charge in [-0.25, -0.2) is 13.6 Å². The molecule has 1 unspecified atom stereocenters. The monoisotopic (exact) mass is 522 g/mol. The van der Waals surface area contributed by atoms with E-state index < -0.39 is 10.0 Å². The average molecular weight is 522 g/mol. The Kier molecular flexibility index (Phi) is 10.3. The molecule has 0 spiro atoms. The summed E-state index contributed by atoms with van der Waals surface area (Å²) in [7, 11) is -3.64. The van der Waals surface area contributed by atoms with Crippen LogP contribution < -0.4 is 15.8 Å². The lowest BCUT2D eigenvalue weighted by Crippen LogP contribution is -2.38. The van der Waals surface area contributed by atoms with Crippen molar-refractivity contribution in [2.75, 3.05) is 19.6 Å². The maximum Gasteiger partial charge on any atom is 0.238 e. The van der Waals surface area contributed by atoms with Crippen LogP contribution in [-0.4, -0.2) is 34.0 Å². The van der Waals surface area contributed by atoms with E-state index in [4.69, 9.17) is 5.14 Å². The van der Waals surface area contributed by atoms with Crippen LogP contribution in [0.2, 0.25) is 0 Å². The second-order valence-corrected chi connectivity index (χ2v) is 8.38. The number of thiophene rings is 1. The molecular formula is C18H27IN4O2S2. The fraction of sp³-hybridized carbons (Fsp3) is 0.389. The number of halogens is 1. The molecule has 4 N–H and O–H groups in total. The number of primary sulfonamides is 1. The van der Waals surface area contributed by atoms with Crippen LogP contribution >= 0.6 is 35.3 Å². The molecule has 0 aliphatic rings. The summed E-state index contributed by atoms with van der Waals surface area (Å²) >= 11 is 1.70. The van der Waals surface area contributed by atoms with Crippen LogP contribution in [0.4, 0.5) is 0 Å². The maximum absolute atomic E-state index is 11.3. The predicted molar refractivity (Wildman–Crippen MR) is 124 cm³/mol. The van der Waals surface area contributed by atoms with Crippen LogP contribution in [0.1, 0.15) is 30.9 Å². The molecule has 1 aromatic carbocycles. The van der Waals surface area contributed by atoms with E-state index in [0.717, 1.165) is 31.0 Å². The van der Waals surface area contributed by atoms with Gasteiger partial charge >= 0.3 is 0 Å². The summed E-state index contributed by atoms with van der Waals surface area (Å²) in [6.45, 7) is 6.41. The van der Waals surface area contributed by atoms with Crippen molar-refractivity contribution in [3.63, 3.8) is 0 Å². The molecule has 2 rings (SSSR count). The first-order chi connectivity index (χ1) is 12.4. The van der Waals surface area contributed by atoms with Crippen LogP contribution in [0.3, 0.4) is 0 Å². The number of hydrogen-bond donors (Lipinski definition) is 3. The van der Waals surface area contributed by atoms with Gasteiger partial charge in [-0.3, -0.25) is 4.99 Å². The number of rotatable bonds is 8. The Hall–Kier alpha value is -1.17. The van der Waals surface area contributed by atoms with Crippen molar-refractivity contribution < 1.29 is 8.42 Å². The van der Waals surface area contributed by atoms with Crippen molar-refractivity contribution in [2.45, 2.75) is 31.1 Å². The number of nitrogens with zero attached hydrogens (tertiary/aromatic N) is 1. The first kappa shape index (κ1) is 23.9. The standard InChI is InChI=1S/C18H26N4O2S2.HI/c1-3-20-18(22-12-14(2)16-9-11-25-13-16)21-10-8-15-4-6-17(7-5-15)26(19,23)24;/h4-7,9,11,13-14H,3,8,10,12H2,1-2H3,(H2,19,23,24)(H2,20,21,22);1H. The maximum atomic E-state index is 11.3. The summed E-state index contributed by atoms with van der Waals surface area (Å²) in [5.74, 6) is 1.16. The Morgan fingerprint density at radius 1 is 1.22 bits per heavy atom. The van der Waals surface area contributed by atoms with Gasteiger partial charge in [-0.15, -0.1) is 24.0 Å². The Morgan fingerprint density at radius 2 is 1.93 bits per heavy atom. The summed E-state index contributed by atoms with van der Waals surface area (Å²) < 4.78 is 22.5. The van der Waals surface area contributed by atoms with Crippen molar-refractivity contribution in [3.05, 3.63) is 52.2 Å². The van der Waals surface area contributed by atoms with Gasteiger partial charge in [0.05, 0.1) is 4.90 Å². The van der Waals surface area contributed by atoms with E-state index in [2.05, 4.69) is 39.4 Å². The zero-order chi connectivity index (χ0) is 19.0. The lowest BCUT2D eigenvalue weighted by Gasteiger charge is -2.13. The summed E-state index contributed by atoms with van der Waals surface area (Å²) in [5, 5.41) is 15.9. The summed E-state index contributed by atoms with van der Waals surface area (Å²) in [4.78, 5) is 4.78. The molecular weight excluding hydrogens is 495 g/mol. The molecule has 0 amide bonds. The number of aliphatic imine (C=N–C) groups is 1. The lowest BCUT2D eigenvalue weighted by molar-refractivity contribution is 0.598. The molecule has 0 saturated carbocycles. The second-order valence-electron chi connectivity index (χ2n) is 6.04. The van der Waals surface area contributed by atoms with Gasteiger partial charge in [-0.1, -0.05) is 19.1 Å². The van der Waals surface area contributed by atoms with E-state index in [-0.39, 0.29) is 28.9 Å². The number of sulfonamides is 1. The summed E-state index contributed by atoms with van der Waals surface area (Å²) in [6.07, 6.45) is 0.759. The largest absolute Gasteiger partial charge is 0.357 e. The molecule has 27 heavy (non-hydrogen) atoms. The molecule has 6 nitrogen and oxygen atoms in total. The minimum Gasteiger partial charge on any atom is -0.357 e. The summed E-state index contributed by atoms with van der Waals surface area (Å²) in [6, 6.07) is 8.77. The first-order valence-corrected chi connectivity index (χ1v) is 11.0. The first-order valence-electron chi connectivity index (χ1n) is 8.56. The molecule has 1 atom stereocenters. The zero-order valence-corrected chi connectivity index (χ0v) is 19.5. The van der Waals surface area contributed by atoms with Crippen LogP contribution in [-0.2, 0) is 16.4 Å². The molecule has 0 aliphatic carbocycles. The van der Waals surface area contributed by atoms with Gasteiger partial charge < -0.3 is 10.6 Å². The second kappa shape index (κ2) is 11.6. The molecule has 1 heterocycles. The van der Waals surface area contributed by atoms with E-state index in [0.29, 0.717) is 12.5 Å². The van der Waals surface area contributed by atoms with Gasteiger partial charge in [0.25, 0.3) is 0 Å². The van der Waals surface area contributed by atoms with Crippen LogP contribution in [0.15, 0.2) is 51.0 Å². The van der Waals surface area contributed by atoms with Gasteiger partial charge in [0.15, 0.2) is 5.96 Å². The molecule has 0 aliphatic heterocycles. The number of hydrogen-bond acceptors (Lipinski definition) is 4. The highest BCUT2D eigenvalue weighted by molar-refractivity contribution is 14.0. The molecule has 0 saturated heterocycles. The predicted octanol–water partition coefficient (Wildman–Crippen LogP) is 2.91. The highest BCUT2D eigenvalue weighted by Crippen LogP contribution is 2.18. The molecule has 0 radical (unpaired) electrons. The molecule has 9 heteroatoms. The Morgan fingerprint density at radius 3 is 2.48 bits per heavy atom. The van der Waals surface area contributed by atoms with Gasteiger partial charge in [0.2, 0.25) is 10.0 Å². The number of guanidine groups is 1. The molecule has 1 aromatic heterocycles. The van der Waals surface area contributed by atoms with Crippen LogP contribution in [0.25, 0.3) is 0 Å². The van der Waals surface area contributed by atoms with E-state index in [1.165, 1.54) is 17.7 Å². The van der Waals surface area contributed by atoms with Crippen molar-refractivity contribution in [3.8, 4) is 0 Å². The fourth-order valence-electron chi connectivity index (χ4n) is 2.40. The van der Waals surface area contributed by atoms with Crippen molar-refractivity contribution in [1.29, 1.82) is 0 Å². The highest BCUT2D eigenvalue weighted by Gasteiger charge is 2.07. The Balaban J connectivity index is 0.00000364. The summed E-state index contributed by atoms with van der Waals surface area (Å²) in [5.41, 5.74) is 2.34. The quantitative estimate of drug-likeness (QED) is 0.282. The smallest absolute Gasteiger partial charge is 0.238 e. The van der Waals surface area contributed by atoms with Gasteiger partial charge in [-0.2, -0.15) is 11.3 Å². The Labute approximate surface area is 182 Å². The van der Waals surface area contributed by atoms with Crippen molar-refractivity contribution in [2.24, 2.45) is 10.1 Å². The van der Waals surface area contributed by atoms with Gasteiger partial charge in [-0.05, 0) is 53.4 Å². The molecule has 2 aromatic rings. The SMILES string of the molecule is CCNC(=NCC(C)c1ccsc1)NCCc1ccc(S(N)(=O)=O)cc1.I. The van der Waals surface area contributed by atoms with Crippen molar-refractivity contribution >= 4 is 51.3 Å². The number of nitrogens with one attached hydrogen (secondary N) is 2. The van der Waals surface area contributed by atoms with Crippen LogP contribution in [0, 0.1) is 0 Å². The normalized spacial score (nSPS) is 12.9. The third kappa shape index (κ3) is 8.16. The van der Waals surface area contributed by atoms with E-state index in [1.54, 1.807) is 23.5 Å². The Bertz CT molecular complexity index is 806. The minimum atomic E-state index is -3.64. The third-order valence-electron chi connectivity index (χ3n) is 3.94. The number of nitrogens with two attached hydrogens (primary N) is 1. The van der Waals surface area contributed by atoms with E-state index in [1.807, 2.05) is 6.92 Å². The minimum absolute atomic E-state index is 0. The fourth-order valence-corrected chi connectivity index (χ4v) is 3.70.